The van der Waals surface area contributed by atoms with Gasteiger partial charge in [0.05, 0.1) is 12.6 Å². The third-order valence-electron chi connectivity index (χ3n) is 2.68. The lowest BCUT2D eigenvalue weighted by Gasteiger charge is -2.37. The normalized spacial score (nSPS) is 26.4. The molecular formula is C11H19NO4. The van der Waals surface area contributed by atoms with Crippen LogP contribution in [-0.4, -0.2) is 48.7 Å². The Morgan fingerprint density at radius 1 is 1.50 bits per heavy atom. The Kier molecular flexibility index (Phi) is 4.89. The van der Waals surface area contributed by atoms with Gasteiger partial charge in [-0.1, -0.05) is 6.92 Å². The Morgan fingerprint density at radius 3 is 2.75 bits per heavy atom. The summed E-state index contributed by atoms with van der Waals surface area (Å²) in [5, 5.41) is 0. The van der Waals surface area contributed by atoms with E-state index in [1.165, 1.54) is 6.92 Å². The summed E-state index contributed by atoms with van der Waals surface area (Å²) >= 11 is 0. The number of carbonyl (C=O) groups is 2. The highest BCUT2D eigenvalue weighted by Gasteiger charge is 2.30. The van der Waals surface area contributed by atoms with E-state index in [0.717, 1.165) is 13.1 Å². The average Bonchev–Trinajstić information content (AvgIpc) is 2.20. The molecule has 0 radical (unpaired) electrons. The maximum Gasteiger partial charge on any atom is 0.315 e. The van der Waals surface area contributed by atoms with Crippen molar-refractivity contribution in [3.05, 3.63) is 0 Å². The van der Waals surface area contributed by atoms with Gasteiger partial charge in [-0.3, -0.25) is 14.5 Å². The molecule has 2 unspecified atom stereocenters. The molecule has 1 rings (SSSR count). The molecule has 0 bridgehead atoms. The van der Waals surface area contributed by atoms with Crippen molar-refractivity contribution in [1.29, 1.82) is 0 Å². The summed E-state index contributed by atoms with van der Waals surface area (Å²) in [6.45, 7) is 7.66. The third-order valence-corrected chi connectivity index (χ3v) is 2.68. The summed E-state index contributed by atoms with van der Waals surface area (Å²) in [7, 11) is 0. The van der Waals surface area contributed by atoms with Crippen molar-refractivity contribution in [2.75, 3.05) is 19.7 Å². The van der Waals surface area contributed by atoms with Crippen LogP contribution in [0.2, 0.25) is 0 Å². The standard InChI is InChI=1S/C11H19NO4/c1-4-12-5-6-15-11(9(12)3)16-10(14)7-8(2)13/h9,11H,4-7H2,1-3H3. The third kappa shape index (κ3) is 3.57. The molecule has 1 fully saturated rings. The highest BCUT2D eigenvalue weighted by Crippen LogP contribution is 2.15. The lowest BCUT2D eigenvalue weighted by Crippen LogP contribution is -2.51. The van der Waals surface area contributed by atoms with Crippen molar-refractivity contribution in [3.8, 4) is 0 Å². The molecule has 0 N–H and O–H groups in total. The van der Waals surface area contributed by atoms with Crippen molar-refractivity contribution in [2.24, 2.45) is 0 Å². The maximum atomic E-state index is 11.3. The minimum Gasteiger partial charge on any atom is -0.434 e. The van der Waals surface area contributed by atoms with E-state index in [1.807, 2.05) is 6.92 Å². The van der Waals surface area contributed by atoms with Gasteiger partial charge >= 0.3 is 5.97 Å². The van der Waals surface area contributed by atoms with Crippen molar-refractivity contribution in [3.63, 3.8) is 0 Å². The summed E-state index contributed by atoms with van der Waals surface area (Å²) in [5.74, 6) is -0.705. The summed E-state index contributed by atoms with van der Waals surface area (Å²) in [4.78, 5) is 24.2. The van der Waals surface area contributed by atoms with Gasteiger partial charge < -0.3 is 9.47 Å². The fourth-order valence-corrected chi connectivity index (χ4v) is 1.75. The minimum absolute atomic E-state index is 0.0367. The van der Waals surface area contributed by atoms with Crippen LogP contribution >= 0.6 is 0 Å². The second kappa shape index (κ2) is 5.96. The zero-order chi connectivity index (χ0) is 12.1. The SMILES string of the molecule is CCN1CCOC(OC(=O)CC(C)=O)C1C. The predicted octanol–water partition coefficient (Wildman–Crippen LogP) is 0.575. The van der Waals surface area contributed by atoms with Crippen molar-refractivity contribution in [1.82, 2.24) is 4.90 Å². The van der Waals surface area contributed by atoms with E-state index in [4.69, 9.17) is 9.47 Å². The molecule has 1 aliphatic heterocycles. The number of hydrogen-bond acceptors (Lipinski definition) is 5. The molecule has 16 heavy (non-hydrogen) atoms. The Balaban J connectivity index is 2.46. The number of ether oxygens (including phenoxy) is 2. The number of Topliss-reactive ketones (excluding diaryl/α,β-unsaturated/α-hetero) is 1. The van der Waals surface area contributed by atoms with E-state index in [9.17, 15) is 9.59 Å². The molecule has 0 aliphatic carbocycles. The maximum absolute atomic E-state index is 11.3. The molecule has 1 saturated heterocycles. The van der Waals surface area contributed by atoms with Crippen molar-refractivity contribution < 1.29 is 19.1 Å². The van der Waals surface area contributed by atoms with Crippen LogP contribution in [0.25, 0.3) is 0 Å². The summed E-state index contributed by atoms with van der Waals surface area (Å²) in [5.41, 5.74) is 0. The number of ketones is 1. The number of hydrogen-bond donors (Lipinski definition) is 0. The molecule has 1 aliphatic rings. The van der Waals surface area contributed by atoms with Gasteiger partial charge in [0.2, 0.25) is 6.29 Å². The van der Waals surface area contributed by atoms with E-state index in [0.29, 0.717) is 6.61 Å². The van der Waals surface area contributed by atoms with Crippen LogP contribution < -0.4 is 0 Å². The summed E-state index contributed by atoms with van der Waals surface area (Å²) < 4.78 is 10.5. The minimum atomic E-state index is -0.555. The lowest BCUT2D eigenvalue weighted by molar-refractivity contribution is -0.208. The smallest absolute Gasteiger partial charge is 0.315 e. The highest BCUT2D eigenvalue weighted by atomic mass is 16.7. The predicted molar refractivity (Wildman–Crippen MR) is 57.8 cm³/mol. The molecule has 0 aromatic carbocycles. The van der Waals surface area contributed by atoms with Gasteiger partial charge in [-0.15, -0.1) is 0 Å². The van der Waals surface area contributed by atoms with Gasteiger partial charge in [0.25, 0.3) is 0 Å². The monoisotopic (exact) mass is 229 g/mol. The first kappa shape index (κ1) is 13.1. The molecule has 5 heteroatoms. The highest BCUT2D eigenvalue weighted by molar-refractivity contribution is 5.94. The molecule has 92 valence electrons. The van der Waals surface area contributed by atoms with Crippen LogP contribution in [0.5, 0.6) is 0 Å². The molecule has 0 aromatic heterocycles. The molecule has 0 amide bonds. The number of rotatable bonds is 4. The Hall–Kier alpha value is -0.940. The first-order valence-corrected chi connectivity index (χ1v) is 5.59. The van der Waals surface area contributed by atoms with Crippen molar-refractivity contribution in [2.45, 2.75) is 39.5 Å². The number of carbonyl (C=O) groups excluding carboxylic acids is 2. The van der Waals surface area contributed by atoms with E-state index in [2.05, 4.69) is 11.8 Å². The molecule has 1 heterocycles. The fraction of sp³-hybridized carbons (Fsp3) is 0.818. The van der Waals surface area contributed by atoms with Crippen LogP contribution in [0.15, 0.2) is 0 Å². The number of esters is 1. The van der Waals surface area contributed by atoms with Gasteiger partial charge in [-0.25, -0.2) is 0 Å². The van der Waals surface area contributed by atoms with E-state index < -0.39 is 12.3 Å². The van der Waals surface area contributed by atoms with Gasteiger partial charge in [0.1, 0.15) is 12.2 Å². The zero-order valence-electron chi connectivity index (χ0n) is 10.1. The Morgan fingerprint density at radius 2 is 2.19 bits per heavy atom. The lowest BCUT2D eigenvalue weighted by atomic mass is 10.2. The molecule has 5 nitrogen and oxygen atoms in total. The fourth-order valence-electron chi connectivity index (χ4n) is 1.75. The first-order chi connectivity index (χ1) is 7.54. The second-order valence-electron chi connectivity index (χ2n) is 3.98. The van der Waals surface area contributed by atoms with Crippen LogP contribution in [0, 0.1) is 0 Å². The summed E-state index contributed by atoms with van der Waals surface area (Å²) in [6, 6.07) is 0.0367. The van der Waals surface area contributed by atoms with Crippen LogP contribution in [0.4, 0.5) is 0 Å². The number of likely N-dealkylation sites (N-methyl/N-ethyl adjacent to an activating group) is 1. The molecule has 0 saturated carbocycles. The van der Waals surface area contributed by atoms with Gasteiger partial charge in [-0.05, 0) is 20.4 Å². The second-order valence-corrected chi connectivity index (χ2v) is 3.98. The topological polar surface area (TPSA) is 55.8 Å². The van der Waals surface area contributed by atoms with Crippen molar-refractivity contribution >= 4 is 11.8 Å². The molecule has 0 aromatic rings. The van der Waals surface area contributed by atoms with Crippen LogP contribution in [-0.2, 0) is 19.1 Å². The van der Waals surface area contributed by atoms with Gasteiger partial charge in [0, 0.05) is 6.54 Å². The average molecular weight is 229 g/mol. The number of nitrogens with zero attached hydrogens (tertiary/aromatic N) is 1. The largest absolute Gasteiger partial charge is 0.434 e. The first-order valence-electron chi connectivity index (χ1n) is 5.59. The van der Waals surface area contributed by atoms with Crippen LogP contribution in [0.1, 0.15) is 27.2 Å². The van der Waals surface area contributed by atoms with Gasteiger partial charge in [-0.2, -0.15) is 0 Å². The Labute approximate surface area is 95.7 Å². The van der Waals surface area contributed by atoms with E-state index in [1.54, 1.807) is 0 Å². The zero-order valence-corrected chi connectivity index (χ0v) is 10.1. The summed E-state index contributed by atoms with van der Waals surface area (Å²) in [6.07, 6.45) is -0.737. The van der Waals surface area contributed by atoms with Gasteiger partial charge in [0.15, 0.2) is 0 Å². The van der Waals surface area contributed by atoms with E-state index >= 15 is 0 Å². The van der Waals surface area contributed by atoms with E-state index in [-0.39, 0.29) is 18.2 Å². The quantitative estimate of drug-likeness (QED) is 0.521. The molecule has 2 atom stereocenters. The number of morpholine rings is 1. The van der Waals surface area contributed by atoms with Crippen LogP contribution in [0.3, 0.4) is 0 Å². The Bertz CT molecular complexity index is 267. The molecular weight excluding hydrogens is 210 g/mol. The molecule has 0 spiro atoms.